The highest BCUT2D eigenvalue weighted by atomic mass is 16.2. The van der Waals surface area contributed by atoms with Crippen molar-refractivity contribution in [2.45, 2.75) is 13.3 Å². The summed E-state index contributed by atoms with van der Waals surface area (Å²) in [4.78, 5) is 0. The summed E-state index contributed by atoms with van der Waals surface area (Å²) in [5.41, 5.74) is 0. The molecular formula is C19H18O. The molecule has 0 heterocycles. The molecule has 0 radical (unpaired) electrons. The summed E-state index contributed by atoms with van der Waals surface area (Å²) < 4.78 is 0. The minimum absolute atomic E-state index is 0.319. The van der Waals surface area contributed by atoms with Gasteiger partial charge in [0.15, 0.2) is 0 Å². The van der Waals surface area contributed by atoms with Crippen molar-refractivity contribution in [3.8, 4) is 0 Å². The first-order valence-corrected chi connectivity index (χ1v) is 7.08. The lowest BCUT2D eigenvalue weighted by Gasteiger charge is -2.09. The van der Waals surface area contributed by atoms with Crippen molar-refractivity contribution in [1.29, 1.82) is 0 Å². The Labute approximate surface area is 118 Å². The second kappa shape index (κ2) is 5.48. The van der Waals surface area contributed by atoms with E-state index >= 15 is 0 Å². The Kier molecular flexibility index (Phi) is 3.53. The lowest BCUT2D eigenvalue weighted by atomic mass is 9.95. The number of hydrogen-bond donors (Lipinski definition) is 1. The van der Waals surface area contributed by atoms with Crippen LogP contribution in [0.25, 0.3) is 32.3 Å². The van der Waals surface area contributed by atoms with Crippen LogP contribution in [0.15, 0.2) is 60.7 Å². The first-order valence-electron chi connectivity index (χ1n) is 7.08. The summed E-state index contributed by atoms with van der Waals surface area (Å²) >= 11 is 0. The fourth-order valence-corrected chi connectivity index (χ4v) is 2.67. The molecule has 0 atom stereocenters. The molecule has 0 aliphatic rings. The molecule has 0 bridgehead atoms. The number of aliphatic hydroxyl groups excluding tert-OH is 1. The van der Waals surface area contributed by atoms with Crippen LogP contribution in [0.3, 0.4) is 0 Å². The maximum atomic E-state index is 7.88. The van der Waals surface area contributed by atoms with Crippen LogP contribution in [0.1, 0.15) is 13.3 Å². The predicted molar refractivity (Wildman–Crippen MR) is 87.5 cm³/mol. The van der Waals surface area contributed by atoms with Gasteiger partial charge in [0, 0.05) is 6.61 Å². The largest absolute Gasteiger partial charge is 0.396 e. The maximum absolute atomic E-state index is 7.88. The Hall–Kier alpha value is -2.12. The van der Waals surface area contributed by atoms with Gasteiger partial charge in [0.25, 0.3) is 0 Å². The van der Waals surface area contributed by atoms with E-state index in [4.69, 9.17) is 5.11 Å². The Morgan fingerprint density at radius 3 is 1.20 bits per heavy atom. The van der Waals surface area contributed by atoms with Crippen LogP contribution < -0.4 is 0 Å². The lowest BCUT2D eigenvalue weighted by Crippen LogP contribution is -1.82. The van der Waals surface area contributed by atoms with E-state index in [-0.39, 0.29) is 0 Å². The molecule has 0 amide bonds. The fourth-order valence-electron chi connectivity index (χ4n) is 2.67. The smallest absolute Gasteiger partial charge is 0.0428 e. The van der Waals surface area contributed by atoms with Gasteiger partial charge in [0.2, 0.25) is 0 Å². The van der Waals surface area contributed by atoms with E-state index < -0.39 is 0 Å². The molecule has 1 nitrogen and oxygen atoms in total. The third-order valence-electron chi connectivity index (χ3n) is 3.62. The monoisotopic (exact) mass is 262 g/mol. The Balaban J connectivity index is 0.000000272. The van der Waals surface area contributed by atoms with Gasteiger partial charge in [-0.25, -0.2) is 0 Å². The summed E-state index contributed by atoms with van der Waals surface area (Å²) in [5, 5.41) is 16.0. The van der Waals surface area contributed by atoms with E-state index in [1.54, 1.807) is 0 Å². The van der Waals surface area contributed by atoms with Gasteiger partial charge in [0.1, 0.15) is 0 Å². The molecule has 0 saturated carbocycles. The minimum atomic E-state index is 0.319. The van der Waals surface area contributed by atoms with Crippen LogP contribution in [0.5, 0.6) is 0 Å². The SMILES string of the molecule is CCCO.c1cc2ccc3cccc4ccc(c1)c2c34. The number of rotatable bonds is 1. The molecule has 4 aromatic carbocycles. The van der Waals surface area contributed by atoms with Gasteiger partial charge in [-0.3, -0.25) is 0 Å². The molecule has 1 heteroatoms. The summed E-state index contributed by atoms with van der Waals surface area (Å²) in [6, 6.07) is 21.9. The highest BCUT2D eigenvalue weighted by Crippen LogP contribution is 2.33. The minimum Gasteiger partial charge on any atom is -0.396 e. The maximum Gasteiger partial charge on any atom is 0.0428 e. The molecule has 0 aliphatic carbocycles. The second-order valence-electron chi connectivity index (χ2n) is 5.01. The van der Waals surface area contributed by atoms with Crippen LogP contribution >= 0.6 is 0 Å². The summed E-state index contributed by atoms with van der Waals surface area (Å²) in [6.45, 7) is 2.25. The van der Waals surface area contributed by atoms with E-state index in [2.05, 4.69) is 60.7 Å². The van der Waals surface area contributed by atoms with E-state index in [0.717, 1.165) is 6.42 Å². The zero-order valence-electron chi connectivity index (χ0n) is 11.6. The van der Waals surface area contributed by atoms with Gasteiger partial charge in [-0.15, -0.1) is 0 Å². The number of aliphatic hydroxyl groups is 1. The van der Waals surface area contributed by atoms with Crippen LogP contribution in [-0.4, -0.2) is 11.7 Å². The highest BCUT2D eigenvalue weighted by molar-refractivity contribution is 6.22. The van der Waals surface area contributed by atoms with Gasteiger partial charge >= 0.3 is 0 Å². The van der Waals surface area contributed by atoms with E-state index in [0.29, 0.717) is 6.61 Å². The average Bonchev–Trinajstić information content (AvgIpc) is 2.53. The fraction of sp³-hybridized carbons (Fsp3) is 0.158. The van der Waals surface area contributed by atoms with Gasteiger partial charge in [-0.2, -0.15) is 0 Å². The van der Waals surface area contributed by atoms with E-state index in [1.165, 1.54) is 32.3 Å². The normalized spacial score (nSPS) is 10.9. The Morgan fingerprint density at radius 2 is 0.950 bits per heavy atom. The zero-order chi connectivity index (χ0) is 13.9. The molecule has 0 saturated heterocycles. The predicted octanol–water partition coefficient (Wildman–Crippen LogP) is 4.97. The summed E-state index contributed by atoms with van der Waals surface area (Å²) in [5.74, 6) is 0. The quantitative estimate of drug-likeness (QED) is 0.480. The highest BCUT2D eigenvalue weighted by Gasteiger charge is 2.05. The van der Waals surface area contributed by atoms with Gasteiger partial charge in [-0.05, 0) is 38.7 Å². The van der Waals surface area contributed by atoms with Crippen molar-refractivity contribution in [3.63, 3.8) is 0 Å². The Bertz CT molecular complexity index is 701. The molecule has 0 aliphatic heterocycles. The van der Waals surface area contributed by atoms with Crippen LogP contribution in [-0.2, 0) is 0 Å². The summed E-state index contributed by atoms with van der Waals surface area (Å²) in [7, 11) is 0. The second-order valence-corrected chi connectivity index (χ2v) is 5.01. The van der Waals surface area contributed by atoms with E-state index in [1.807, 2.05) is 6.92 Å². The third-order valence-corrected chi connectivity index (χ3v) is 3.62. The molecule has 1 N–H and O–H groups in total. The topological polar surface area (TPSA) is 20.2 Å². The number of benzene rings is 4. The average molecular weight is 262 g/mol. The standard InChI is InChI=1S/C16H10.C3H8O/c1-3-11-7-9-13-5-2-6-14-10-8-12(4-1)15(11)16(13)14;1-2-3-4/h1-10H;4H,2-3H2,1H3. The van der Waals surface area contributed by atoms with E-state index in [9.17, 15) is 0 Å². The van der Waals surface area contributed by atoms with Crippen molar-refractivity contribution in [2.24, 2.45) is 0 Å². The molecule has 4 aromatic rings. The van der Waals surface area contributed by atoms with Gasteiger partial charge < -0.3 is 5.11 Å². The van der Waals surface area contributed by atoms with Crippen molar-refractivity contribution >= 4 is 32.3 Å². The molecular weight excluding hydrogens is 244 g/mol. The molecule has 100 valence electrons. The molecule has 4 rings (SSSR count). The van der Waals surface area contributed by atoms with Crippen molar-refractivity contribution in [2.75, 3.05) is 6.61 Å². The van der Waals surface area contributed by atoms with Crippen molar-refractivity contribution in [3.05, 3.63) is 60.7 Å². The lowest BCUT2D eigenvalue weighted by molar-refractivity contribution is 0.295. The Morgan fingerprint density at radius 1 is 0.650 bits per heavy atom. The van der Waals surface area contributed by atoms with Crippen molar-refractivity contribution in [1.82, 2.24) is 0 Å². The van der Waals surface area contributed by atoms with Gasteiger partial charge in [-0.1, -0.05) is 67.6 Å². The van der Waals surface area contributed by atoms with Crippen LogP contribution in [0, 0.1) is 0 Å². The zero-order valence-corrected chi connectivity index (χ0v) is 11.6. The van der Waals surface area contributed by atoms with Crippen molar-refractivity contribution < 1.29 is 5.11 Å². The molecule has 0 unspecified atom stereocenters. The first-order chi connectivity index (χ1) is 9.85. The molecule has 0 fully saturated rings. The first kappa shape index (κ1) is 12.9. The number of hydrogen-bond acceptors (Lipinski definition) is 1. The third kappa shape index (κ3) is 2.10. The van der Waals surface area contributed by atoms with Gasteiger partial charge in [0.05, 0.1) is 0 Å². The van der Waals surface area contributed by atoms with Crippen LogP contribution in [0.4, 0.5) is 0 Å². The summed E-state index contributed by atoms with van der Waals surface area (Å²) in [6.07, 6.45) is 0.875. The molecule has 0 aromatic heterocycles. The van der Waals surface area contributed by atoms with Crippen LogP contribution in [0.2, 0.25) is 0 Å². The molecule has 0 spiro atoms. The molecule has 20 heavy (non-hydrogen) atoms.